The van der Waals surface area contributed by atoms with Gasteiger partial charge in [0.15, 0.2) is 0 Å². The van der Waals surface area contributed by atoms with Crippen LogP contribution < -0.4 is 4.90 Å². The Morgan fingerprint density at radius 1 is 1.04 bits per heavy atom. The summed E-state index contributed by atoms with van der Waals surface area (Å²) in [6, 6.07) is 5.73. The van der Waals surface area contributed by atoms with E-state index < -0.39 is 0 Å². The van der Waals surface area contributed by atoms with Crippen molar-refractivity contribution in [3.63, 3.8) is 0 Å². The van der Waals surface area contributed by atoms with Gasteiger partial charge in [-0.2, -0.15) is 0 Å². The maximum atomic E-state index is 13.0. The molecule has 1 unspecified atom stereocenters. The SMILES string of the molecule is O=C(c1ccnc(N2CCCC2)c1)N1CCCC(c2ccncn2)C1. The summed E-state index contributed by atoms with van der Waals surface area (Å²) in [4.78, 5) is 30.0. The maximum Gasteiger partial charge on any atom is 0.254 e. The zero-order valence-electron chi connectivity index (χ0n) is 14.3. The topological polar surface area (TPSA) is 62.2 Å². The number of carbonyl (C=O) groups is 1. The number of anilines is 1. The van der Waals surface area contributed by atoms with Crippen molar-refractivity contribution >= 4 is 11.7 Å². The molecule has 0 aromatic carbocycles. The van der Waals surface area contributed by atoms with Gasteiger partial charge >= 0.3 is 0 Å². The molecule has 0 aliphatic carbocycles. The van der Waals surface area contributed by atoms with Gasteiger partial charge in [0.2, 0.25) is 0 Å². The number of hydrogen-bond donors (Lipinski definition) is 0. The predicted octanol–water partition coefficient (Wildman–Crippen LogP) is 2.49. The molecule has 2 fully saturated rings. The minimum atomic E-state index is 0.0987. The van der Waals surface area contributed by atoms with Crippen LogP contribution in [0.3, 0.4) is 0 Å². The van der Waals surface area contributed by atoms with Crippen LogP contribution in [0.5, 0.6) is 0 Å². The number of amides is 1. The highest BCUT2D eigenvalue weighted by molar-refractivity contribution is 5.95. The molecule has 6 nitrogen and oxygen atoms in total. The molecular weight excluding hydrogens is 314 g/mol. The van der Waals surface area contributed by atoms with E-state index in [0.717, 1.165) is 56.1 Å². The molecular formula is C19H23N5O. The number of hydrogen-bond acceptors (Lipinski definition) is 5. The molecule has 6 heteroatoms. The van der Waals surface area contributed by atoms with Crippen LogP contribution in [0.25, 0.3) is 0 Å². The van der Waals surface area contributed by atoms with Crippen LogP contribution in [0.15, 0.2) is 36.9 Å². The van der Waals surface area contributed by atoms with E-state index in [9.17, 15) is 4.79 Å². The summed E-state index contributed by atoms with van der Waals surface area (Å²) >= 11 is 0. The highest BCUT2D eigenvalue weighted by Crippen LogP contribution is 2.27. The van der Waals surface area contributed by atoms with Gasteiger partial charge in [-0.3, -0.25) is 4.79 Å². The van der Waals surface area contributed by atoms with E-state index in [-0.39, 0.29) is 5.91 Å². The van der Waals surface area contributed by atoms with Gasteiger partial charge in [-0.15, -0.1) is 0 Å². The van der Waals surface area contributed by atoms with E-state index in [4.69, 9.17) is 0 Å². The third kappa shape index (κ3) is 3.48. The van der Waals surface area contributed by atoms with Gasteiger partial charge in [-0.05, 0) is 43.9 Å². The number of aromatic nitrogens is 3. The normalized spacial score (nSPS) is 20.7. The first-order chi connectivity index (χ1) is 12.3. The number of likely N-dealkylation sites (tertiary alicyclic amines) is 1. The minimum absolute atomic E-state index is 0.0987. The molecule has 2 aliphatic rings. The Kier molecular flexibility index (Phi) is 4.59. The molecule has 2 aromatic rings. The molecule has 2 aromatic heterocycles. The Morgan fingerprint density at radius 3 is 2.72 bits per heavy atom. The monoisotopic (exact) mass is 337 g/mol. The van der Waals surface area contributed by atoms with Crippen molar-refractivity contribution in [3.05, 3.63) is 48.2 Å². The van der Waals surface area contributed by atoms with Crippen LogP contribution in [0.2, 0.25) is 0 Å². The van der Waals surface area contributed by atoms with E-state index in [0.29, 0.717) is 5.92 Å². The summed E-state index contributed by atoms with van der Waals surface area (Å²) in [5.74, 6) is 1.31. The van der Waals surface area contributed by atoms with Gasteiger partial charge in [0.25, 0.3) is 5.91 Å². The third-order valence-electron chi connectivity index (χ3n) is 5.15. The van der Waals surface area contributed by atoms with Gasteiger partial charge < -0.3 is 9.80 Å². The van der Waals surface area contributed by atoms with Crippen molar-refractivity contribution in [1.82, 2.24) is 19.9 Å². The first kappa shape index (κ1) is 16.0. The van der Waals surface area contributed by atoms with Crippen molar-refractivity contribution in [3.8, 4) is 0 Å². The zero-order valence-corrected chi connectivity index (χ0v) is 14.3. The number of rotatable bonds is 3. The molecule has 2 saturated heterocycles. The van der Waals surface area contributed by atoms with Crippen molar-refractivity contribution in [2.75, 3.05) is 31.1 Å². The lowest BCUT2D eigenvalue weighted by Crippen LogP contribution is -2.39. The molecule has 0 N–H and O–H groups in total. The maximum absolute atomic E-state index is 13.0. The van der Waals surface area contributed by atoms with Gasteiger partial charge in [-0.1, -0.05) is 0 Å². The van der Waals surface area contributed by atoms with E-state index in [2.05, 4.69) is 19.9 Å². The molecule has 0 spiro atoms. The molecule has 4 heterocycles. The first-order valence-corrected chi connectivity index (χ1v) is 9.07. The minimum Gasteiger partial charge on any atom is -0.357 e. The standard InChI is InChI=1S/C19H23N5O/c25-19(15-5-8-21-18(12-15)23-9-1-2-10-23)24-11-3-4-16(13-24)17-6-7-20-14-22-17/h5-8,12,14,16H,1-4,9-11,13H2. The van der Waals surface area contributed by atoms with Crippen molar-refractivity contribution < 1.29 is 4.79 Å². The van der Waals surface area contributed by atoms with Crippen LogP contribution in [0.4, 0.5) is 5.82 Å². The molecule has 0 bridgehead atoms. The quantitative estimate of drug-likeness (QED) is 0.861. The highest BCUT2D eigenvalue weighted by atomic mass is 16.2. The molecule has 2 aliphatic heterocycles. The van der Waals surface area contributed by atoms with E-state index >= 15 is 0 Å². The van der Waals surface area contributed by atoms with Gasteiger partial charge in [0.1, 0.15) is 12.1 Å². The summed E-state index contributed by atoms with van der Waals surface area (Å²) in [5.41, 5.74) is 1.76. The first-order valence-electron chi connectivity index (χ1n) is 9.07. The second-order valence-electron chi connectivity index (χ2n) is 6.82. The van der Waals surface area contributed by atoms with E-state index in [1.807, 2.05) is 23.1 Å². The molecule has 130 valence electrons. The molecule has 4 rings (SSSR count). The second-order valence-corrected chi connectivity index (χ2v) is 6.82. The van der Waals surface area contributed by atoms with Gasteiger partial charge in [-0.25, -0.2) is 15.0 Å². The van der Waals surface area contributed by atoms with E-state index in [1.54, 1.807) is 18.7 Å². The van der Waals surface area contributed by atoms with Gasteiger partial charge in [0.05, 0.1) is 0 Å². The summed E-state index contributed by atoms with van der Waals surface area (Å²) in [5, 5.41) is 0. The lowest BCUT2D eigenvalue weighted by atomic mass is 9.94. The Labute approximate surface area is 147 Å². The largest absolute Gasteiger partial charge is 0.357 e. The second kappa shape index (κ2) is 7.17. The Morgan fingerprint density at radius 2 is 1.92 bits per heavy atom. The number of pyridine rings is 1. The van der Waals surface area contributed by atoms with Crippen molar-refractivity contribution in [2.45, 2.75) is 31.6 Å². The lowest BCUT2D eigenvalue weighted by Gasteiger charge is -2.32. The summed E-state index contributed by atoms with van der Waals surface area (Å²) in [6.45, 7) is 3.59. The van der Waals surface area contributed by atoms with Crippen LogP contribution in [-0.2, 0) is 0 Å². The van der Waals surface area contributed by atoms with Crippen LogP contribution in [-0.4, -0.2) is 51.9 Å². The third-order valence-corrected chi connectivity index (χ3v) is 5.15. The smallest absolute Gasteiger partial charge is 0.254 e. The fourth-order valence-electron chi connectivity index (χ4n) is 3.80. The Bertz CT molecular complexity index is 730. The fraction of sp³-hybridized carbons (Fsp3) is 0.474. The molecule has 1 atom stereocenters. The Hall–Kier alpha value is -2.50. The van der Waals surface area contributed by atoms with E-state index in [1.165, 1.54) is 12.8 Å². The molecule has 0 saturated carbocycles. The van der Waals surface area contributed by atoms with Crippen LogP contribution in [0, 0.1) is 0 Å². The summed E-state index contributed by atoms with van der Waals surface area (Å²) < 4.78 is 0. The average molecular weight is 337 g/mol. The van der Waals surface area contributed by atoms with Crippen LogP contribution in [0.1, 0.15) is 47.7 Å². The van der Waals surface area contributed by atoms with Crippen LogP contribution >= 0.6 is 0 Å². The zero-order chi connectivity index (χ0) is 17.1. The molecule has 1 amide bonds. The van der Waals surface area contributed by atoms with Crippen molar-refractivity contribution in [2.24, 2.45) is 0 Å². The molecule has 0 radical (unpaired) electrons. The number of nitrogens with zero attached hydrogens (tertiary/aromatic N) is 5. The summed E-state index contributed by atoms with van der Waals surface area (Å²) in [7, 11) is 0. The predicted molar refractivity (Wildman–Crippen MR) is 95.6 cm³/mol. The Balaban J connectivity index is 1.49. The number of piperidine rings is 1. The fourth-order valence-corrected chi connectivity index (χ4v) is 3.80. The number of carbonyl (C=O) groups excluding carboxylic acids is 1. The van der Waals surface area contributed by atoms with Crippen molar-refractivity contribution in [1.29, 1.82) is 0 Å². The summed E-state index contributed by atoms with van der Waals surface area (Å²) in [6.07, 6.45) is 9.59. The highest BCUT2D eigenvalue weighted by Gasteiger charge is 2.26. The van der Waals surface area contributed by atoms with Gasteiger partial charge in [0, 0.05) is 55.7 Å². The molecule has 25 heavy (non-hydrogen) atoms. The average Bonchev–Trinajstić information content (AvgIpc) is 3.23. The lowest BCUT2D eigenvalue weighted by molar-refractivity contribution is 0.0706.